The van der Waals surface area contributed by atoms with Crippen molar-refractivity contribution in [2.75, 3.05) is 7.11 Å². The van der Waals surface area contributed by atoms with Gasteiger partial charge in [-0.05, 0) is 59.3 Å². The number of imide groups is 1. The number of halogens is 2. The van der Waals surface area contributed by atoms with Crippen molar-refractivity contribution in [1.29, 1.82) is 0 Å². The molecule has 194 valence electrons. The van der Waals surface area contributed by atoms with Crippen LogP contribution in [-0.4, -0.2) is 33.0 Å². The van der Waals surface area contributed by atoms with E-state index in [0.29, 0.717) is 21.2 Å². The van der Waals surface area contributed by atoms with E-state index in [2.05, 4.69) is 0 Å². The summed E-state index contributed by atoms with van der Waals surface area (Å²) < 4.78 is 11.0. The molecule has 14 heteroatoms. The smallest absolute Gasteiger partial charge is 0.318 e. The quantitative estimate of drug-likeness (QED) is 0.160. The van der Waals surface area contributed by atoms with Crippen molar-refractivity contribution in [2.45, 2.75) is 6.54 Å². The molecule has 3 aromatic carbocycles. The summed E-state index contributed by atoms with van der Waals surface area (Å²) in [6.45, 7) is 0.0169. The number of hydrogen-bond donors (Lipinski definition) is 0. The summed E-state index contributed by atoms with van der Waals surface area (Å²) in [7, 11) is 1.35. The summed E-state index contributed by atoms with van der Waals surface area (Å²) >= 11 is 12.7. The molecular weight excluding hydrogens is 561 g/mol. The Balaban J connectivity index is 1.57. The Morgan fingerprint density at radius 3 is 2.32 bits per heavy atom. The minimum atomic E-state index is -0.794. The van der Waals surface area contributed by atoms with Crippen LogP contribution < -0.4 is 9.47 Å². The van der Waals surface area contributed by atoms with Crippen LogP contribution in [0.3, 0.4) is 0 Å². The van der Waals surface area contributed by atoms with Crippen molar-refractivity contribution in [3.8, 4) is 17.2 Å². The highest BCUT2D eigenvalue weighted by Crippen LogP contribution is 2.40. The van der Waals surface area contributed by atoms with Gasteiger partial charge in [0.2, 0.25) is 5.75 Å². The molecule has 1 aliphatic rings. The molecule has 1 heterocycles. The number of nitro benzene ring substituents is 2. The molecule has 3 aromatic rings. The average Bonchev–Trinajstić information content (AvgIpc) is 3.14. The lowest BCUT2D eigenvalue weighted by Gasteiger charge is -2.13. The number of benzene rings is 3. The molecule has 11 nitrogen and oxygen atoms in total. The molecule has 0 aliphatic carbocycles. The maximum atomic E-state index is 12.9. The molecule has 0 unspecified atom stereocenters. The van der Waals surface area contributed by atoms with Crippen molar-refractivity contribution in [3.05, 3.63) is 101 Å². The molecule has 0 saturated carbocycles. The highest BCUT2D eigenvalue weighted by atomic mass is 35.5. The van der Waals surface area contributed by atoms with E-state index < -0.39 is 32.4 Å². The molecule has 0 spiro atoms. The third-order valence-electron chi connectivity index (χ3n) is 5.25. The van der Waals surface area contributed by atoms with E-state index >= 15 is 0 Å². The fraction of sp³-hybridized carbons (Fsp3) is 0.0833. The first-order chi connectivity index (χ1) is 18.1. The summed E-state index contributed by atoms with van der Waals surface area (Å²) in [6.07, 6.45) is 1.50. The monoisotopic (exact) mass is 575 g/mol. The predicted molar refractivity (Wildman–Crippen MR) is 141 cm³/mol. The molecule has 0 radical (unpaired) electrons. The normalized spacial score (nSPS) is 14.2. The van der Waals surface area contributed by atoms with Gasteiger partial charge in [0.05, 0.1) is 44.5 Å². The van der Waals surface area contributed by atoms with E-state index in [9.17, 15) is 29.8 Å². The Hall–Kier alpha value is -4.13. The first kappa shape index (κ1) is 26.9. The number of amides is 2. The van der Waals surface area contributed by atoms with Crippen LogP contribution in [0, 0.1) is 20.2 Å². The second kappa shape index (κ2) is 11.1. The van der Waals surface area contributed by atoms with Crippen molar-refractivity contribution in [3.63, 3.8) is 0 Å². The molecule has 4 rings (SSSR count). The lowest BCUT2D eigenvalue weighted by molar-refractivity contribution is -0.394. The van der Waals surface area contributed by atoms with E-state index in [0.717, 1.165) is 34.9 Å². The van der Waals surface area contributed by atoms with Gasteiger partial charge in [-0.3, -0.25) is 34.7 Å². The Labute approximate surface area is 228 Å². The van der Waals surface area contributed by atoms with Crippen molar-refractivity contribution >= 4 is 63.6 Å². The molecular formula is C24H15Cl2N3O8S. The van der Waals surface area contributed by atoms with Crippen molar-refractivity contribution in [2.24, 2.45) is 0 Å². The molecule has 0 bridgehead atoms. The van der Waals surface area contributed by atoms with Crippen LogP contribution in [0.1, 0.15) is 11.1 Å². The molecule has 38 heavy (non-hydrogen) atoms. The highest BCUT2D eigenvalue weighted by molar-refractivity contribution is 8.18. The van der Waals surface area contributed by atoms with Gasteiger partial charge in [-0.2, -0.15) is 0 Å². The van der Waals surface area contributed by atoms with Crippen LogP contribution in [0.15, 0.2) is 59.5 Å². The van der Waals surface area contributed by atoms with Crippen molar-refractivity contribution < 1.29 is 28.9 Å². The SMILES string of the molecule is COc1cc(/C=C2/SC(=O)N(Cc3ccc(Cl)c(Cl)c3)C2=O)ccc1Oc1ccc([N+](=O)[O-])cc1[N+](=O)[O-]. The van der Waals surface area contributed by atoms with Crippen molar-refractivity contribution in [1.82, 2.24) is 4.90 Å². The number of thioether (sulfide) groups is 1. The van der Waals surface area contributed by atoms with Gasteiger partial charge in [0.15, 0.2) is 11.5 Å². The van der Waals surface area contributed by atoms with Crippen LogP contribution in [0.25, 0.3) is 6.08 Å². The minimum absolute atomic E-state index is 0.0169. The molecule has 0 aromatic heterocycles. The molecule has 2 amide bonds. The summed E-state index contributed by atoms with van der Waals surface area (Å²) in [4.78, 5) is 47.5. The maximum absolute atomic E-state index is 12.9. The Morgan fingerprint density at radius 2 is 1.66 bits per heavy atom. The van der Waals surface area contributed by atoms with Gasteiger partial charge in [-0.1, -0.05) is 35.3 Å². The second-order valence-corrected chi connectivity index (χ2v) is 9.50. The highest BCUT2D eigenvalue weighted by Gasteiger charge is 2.35. The first-order valence-electron chi connectivity index (χ1n) is 10.6. The number of rotatable bonds is 8. The first-order valence-corrected chi connectivity index (χ1v) is 12.1. The van der Waals surface area contributed by atoms with Gasteiger partial charge < -0.3 is 9.47 Å². The topological polar surface area (TPSA) is 142 Å². The lowest BCUT2D eigenvalue weighted by atomic mass is 10.1. The molecule has 1 aliphatic heterocycles. The third-order valence-corrected chi connectivity index (χ3v) is 6.90. The number of ether oxygens (including phenoxy) is 2. The van der Waals surface area contributed by atoms with Crippen LogP contribution in [0.4, 0.5) is 16.2 Å². The van der Waals surface area contributed by atoms with Crippen LogP contribution >= 0.6 is 35.0 Å². The van der Waals surface area contributed by atoms with Crippen LogP contribution in [-0.2, 0) is 11.3 Å². The third kappa shape index (κ3) is 5.72. The molecule has 1 fully saturated rings. The number of carbonyl (C=O) groups is 2. The Bertz CT molecular complexity index is 1530. The zero-order valence-corrected chi connectivity index (χ0v) is 21.6. The molecule has 0 atom stereocenters. The van der Waals surface area contributed by atoms with Gasteiger partial charge in [0.25, 0.3) is 16.8 Å². The lowest BCUT2D eigenvalue weighted by Crippen LogP contribution is -2.27. The molecule has 0 N–H and O–H groups in total. The number of nitrogens with zero attached hydrogens (tertiary/aromatic N) is 3. The predicted octanol–water partition coefficient (Wildman–Crippen LogP) is 6.85. The van der Waals surface area contributed by atoms with Gasteiger partial charge in [0.1, 0.15) is 0 Å². The van der Waals surface area contributed by atoms with E-state index in [-0.39, 0.29) is 28.7 Å². The number of nitro groups is 2. The summed E-state index contributed by atoms with van der Waals surface area (Å²) in [5.74, 6) is -0.460. The zero-order chi connectivity index (χ0) is 27.6. The molecule has 1 saturated heterocycles. The summed E-state index contributed by atoms with van der Waals surface area (Å²) in [6, 6.07) is 12.3. The Morgan fingerprint density at radius 1 is 0.921 bits per heavy atom. The van der Waals surface area contributed by atoms with Gasteiger partial charge >= 0.3 is 5.69 Å². The van der Waals surface area contributed by atoms with E-state index in [4.69, 9.17) is 32.7 Å². The van der Waals surface area contributed by atoms with Crippen LogP contribution in [0.5, 0.6) is 17.2 Å². The number of carbonyl (C=O) groups excluding carboxylic acids is 2. The van der Waals surface area contributed by atoms with E-state index in [1.165, 1.54) is 25.3 Å². The van der Waals surface area contributed by atoms with Crippen LogP contribution in [0.2, 0.25) is 10.0 Å². The standard InChI is InChI=1S/C24H15Cl2N3O8S/c1-36-21-9-13(3-6-20(21)37-19-7-4-15(28(32)33)11-18(19)29(34)35)10-22-23(30)27(24(31)38-22)12-14-2-5-16(25)17(26)8-14/h2-11H,12H2,1H3/b22-10+. The van der Waals surface area contributed by atoms with E-state index in [1.807, 2.05) is 0 Å². The van der Waals surface area contributed by atoms with Gasteiger partial charge in [0, 0.05) is 6.07 Å². The average molecular weight is 576 g/mol. The maximum Gasteiger partial charge on any atom is 0.318 e. The fourth-order valence-corrected chi connectivity index (χ4v) is 4.59. The second-order valence-electron chi connectivity index (χ2n) is 7.69. The summed E-state index contributed by atoms with van der Waals surface area (Å²) in [5, 5.41) is 22.6. The van der Waals surface area contributed by atoms with Gasteiger partial charge in [-0.25, -0.2) is 0 Å². The Kier molecular flexibility index (Phi) is 7.86. The largest absolute Gasteiger partial charge is 0.493 e. The summed E-state index contributed by atoms with van der Waals surface area (Å²) in [5.41, 5.74) is 0.0688. The number of methoxy groups -OCH3 is 1. The zero-order valence-electron chi connectivity index (χ0n) is 19.3. The number of hydrogen-bond acceptors (Lipinski definition) is 9. The number of non-ortho nitro benzene ring substituents is 1. The fourth-order valence-electron chi connectivity index (χ4n) is 3.43. The minimum Gasteiger partial charge on any atom is -0.493 e. The van der Waals surface area contributed by atoms with E-state index in [1.54, 1.807) is 24.3 Å². The van der Waals surface area contributed by atoms with Gasteiger partial charge in [-0.15, -0.1) is 0 Å².